The number of nitrogen functional groups attached to an aromatic ring is 1. The molecule has 2 amide bonds. The molecule has 10 nitrogen and oxygen atoms in total. The van der Waals surface area contributed by atoms with Gasteiger partial charge in [0.05, 0.1) is 0 Å². The summed E-state index contributed by atoms with van der Waals surface area (Å²) in [5.41, 5.74) is 6.16. The van der Waals surface area contributed by atoms with Crippen LogP contribution >= 0.6 is 0 Å². The summed E-state index contributed by atoms with van der Waals surface area (Å²) in [7, 11) is 0. The van der Waals surface area contributed by atoms with Crippen LogP contribution in [0.15, 0.2) is 30.9 Å². The normalized spacial score (nSPS) is 16.6. The molecule has 4 N–H and O–H groups in total. The third-order valence-electron chi connectivity index (χ3n) is 4.46. The number of ether oxygens (including phenoxy) is 1. The minimum atomic E-state index is -0.559. The molecule has 1 atom stereocenters. The van der Waals surface area contributed by atoms with Crippen LogP contribution < -0.4 is 16.4 Å². The standard InChI is InChI=1S/C20H27N7O3/c1-20(2,3)30-19(29)27-10-4-5-14(11-27)25-17-15(16(21)23-12-24-17)18(28)26-13-6-8-22-9-7-13/h6-9,12,14H,4-5,10-11H2,1-3H3,(H,22,26,28)(H3,21,23,24,25)/t14-/m1/s1. The van der Waals surface area contributed by atoms with Gasteiger partial charge in [0.1, 0.15) is 29.1 Å². The first-order chi connectivity index (χ1) is 14.2. The topological polar surface area (TPSA) is 135 Å². The summed E-state index contributed by atoms with van der Waals surface area (Å²) < 4.78 is 5.47. The number of piperidine rings is 1. The molecule has 0 spiro atoms. The van der Waals surface area contributed by atoms with Gasteiger partial charge in [-0.2, -0.15) is 0 Å². The third-order valence-corrected chi connectivity index (χ3v) is 4.46. The smallest absolute Gasteiger partial charge is 0.410 e. The van der Waals surface area contributed by atoms with Crippen molar-refractivity contribution in [2.24, 2.45) is 0 Å². The number of nitrogens with one attached hydrogen (secondary N) is 2. The van der Waals surface area contributed by atoms with E-state index in [1.165, 1.54) is 6.33 Å². The Morgan fingerprint density at radius 3 is 2.67 bits per heavy atom. The van der Waals surface area contributed by atoms with E-state index in [4.69, 9.17) is 10.5 Å². The number of hydrogen-bond donors (Lipinski definition) is 3. The van der Waals surface area contributed by atoms with Crippen molar-refractivity contribution in [3.8, 4) is 0 Å². The maximum absolute atomic E-state index is 12.8. The molecule has 1 fully saturated rings. The minimum Gasteiger partial charge on any atom is -0.444 e. The van der Waals surface area contributed by atoms with Crippen molar-refractivity contribution in [1.82, 2.24) is 19.9 Å². The third kappa shape index (κ3) is 5.56. The van der Waals surface area contributed by atoms with Gasteiger partial charge in [-0.3, -0.25) is 9.78 Å². The lowest BCUT2D eigenvalue weighted by molar-refractivity contribution is 0.0206. The summed E-state index contributed by atoms with van der Waals surface area (Å²) in [6.07, 6.45) is 5.71. The van der Waals surface area contributed by atoms with E-state index in [0.29, 0.717) is 24.6 Å². The predicted molar refractivity (Wildman–Crippen MR) is 113 cm³/mol. The Bertz CT molecular complexity index is 899. The van der Waals surface area contributed by atoms with E-state index in [9.17, 15) is 9.59 Å². The van der Waals surface area contributed by atoms with Crippen molar-refractivity contribution in [3.63, 3.8) is 0 Å². The highest BCUT2D eigenvalue weighted by molar-refractivity contribution is 6.10. The van der Waals surface area contributed by atoms with Gasteiger partial charge in [0.15, 0.2) is 0 Å². The van der Waals surface area contributed by atoms with Crippen LogP contribution in [0.4, 0.5) is 22.1 Å². The van der Waals surface area contributed by atoms with Crippen molar-refractivity contribution in [1.29, 1.82) is 0 Å². The Labute approximate surface area is 175 Å². The fraction of sp³-hybridized carbons (Fsp3) is 0.450. The Kier molecular flexibility index (Phi) is 6.34. The lowest BCUT2D eigenvalue weighted by atomic mass is 10.1. The van der Waals surface area contributed by atoms with E-state index in [-0.39, 0.29) is 23.5 Å². The highest BCUT2D eigenvalue weighted by atomic mass is 16.6. The lowest BCUT2D eigenvalue weighted by Crippen LogP contribution is -2.47. The van der Waals surface area contributed by atoms with Crippen molar-refractivity contribution >= 4 is 29.3 Å². The van der Waals surface area contributed by atoms with Crippen LogP contribution in [0.2, 0.25) is 0 Å². The zero-order valence-electron chi connectivity index (χ0n) is 17.4. The summed E-state index contributed by atoms with van der Waals surface area (Å²) >= 11 is 0. The van der Waals surface area contributed by atoms with E-state index >= 15 is 0 Å². The molecule has 2 aromatic heterocycles. The van der Waals surface area contributed by atoms with Crippen molar-refractivity contribution in [3.05, 3.63) is 36.4 Å². The molecule has 1 saturated heterocycles. The number of amides is 2. The first kappa shape index (κ1) is 21.3. The van der Waals surface area contributed by atoms with Gasteiger partial charge in [-0.05, 0) is 45.7 Å². The van der Waals surface area contributed by atoms with E-state index in [1.807, 2.05) is 20.8 Å². The van der Waals surface area contributed by atoms with Gasteiger partial charge in [-0.25, -0.2) is 14.8 Å². The van der Waals surface area contributed by atoms with Crippen LogP contribution in [0.25, 0.3) is 0 Å². The minimum absolute atomic E-state index is 0.0684. The van der Waals surface area contributed by atoms with Gasteiger partial charge in [0.25, 0.3) is 5.91 Å². The molecule has 0 bridgehead atoms. The Hall–Kier alpha value is -3.43. The van der Waals surface area contributed by atoms with Gasteiger partial charge >= 0.3 is 6.09 Å². The Balaban J connectivity index is 1.73. The maximum Gasteiger partial charge on any atom is 0.410 e. The molecule has 1 aliphatic rings. The average molecular weight is 413 g/mol. The number of likely N-dealkylation sites (tertiary alicyclic amines) is 1. The lowest BCUT2D eigenvalue weighted by Gasteiger charge is -2.34. The second-order valence-corrected chi connectivity index (χ2v) is 8.08. The predicted octanol–water partition coefficient (Wildman–Crippen LogP) is 2.52. The van der Waals surface area contributed by atoms with Gasteiger partial charge in [0, 0.05) is 37.2 Å². The Morgan fingerprint density at radius 2 is 1.97 bits per heavy atom. The van der Waals surface area contributed by atoms with E-state index < -0.39 is 11.5 Å². The first-order valence-corrected chi connectivity index (χ1v) is 9.79. The number of nitrogens with zero attached hydrogens (tertiary/aromatic N) is 4. The molecule has 30 heavy (non-hydrogen) atoms. The SMILES string of the molecule is CC(C)(C)OC(=O)N1CCC[C@@H](Nc2ncnc(N)c2C(=O)Nc2ccncc2)C1. The largest absolute Gasteiger partial charge is 0.444 e. The molecule has 0 saturated carbocycles. The fourth-order valence-electron chi connectivity index (χ4n) is 3.14. The molecule has 2 aromatic rings. The second kappa shape index (κ2) is 8.93. The molecule has 0 aromatic carbocycles. The number of carbonyl (C=O) groups is 2. The van der Waals surface area contributed by atoms with Crippen LogP contribution in [-0.4, -0.2) is 56.6 Å². The summed E-state index contributed by atoms with van der Waals surface area (Å²) in [5.74, 6) is -0.0365. The molecule has 0 aliphatic carbocycles. The van der Waals surface area contributed by atoms with Gasteiger partial charge in [0.2, 0.25) is 0 Å². The monoisotopic (exact) mass is 413 g/mol. The molecule has 3 heterocycles. The maximum atomic E-state index is 12.8. The quantitative estimate of drug-likeness (QED) is 0.696. The highest BCUT2D eigenvalue weighted by Crippen LogP contribution is 2.23. The molecule has 0 radical (unpaired) electrons. The molecule has 1 aliphatic heterocycles. The molecule has 160 valence electrons. The number of aromatic nitrogens is 3. The van der Waals surface area contributed by atoms with Crippen LogP contribution in [-0.2, 0) is 4.74 Å². The van der Waals surface area contributed by atoms with Crippen LogP contribution in [0.3, 0.4) is 0 Å². The van der Waals surface area contributed by atoms with E-state index in [2.05, 4.69) is 25.6 Å². The van der Waals surface area contributed by atoms with Gasteiger partial charge in [-0.15, -0.1) is 0 Å². The summed E-state index contributed by atoms with van der Waals surface area (Å²) in [6.45, 7) is 6.56. The Morgan fingerprint density at radius 1 is 1.23 bits per heavy atom. The zero-order chi connectivity index (χ0) is 21.7. The summed E-state index contributed by atoms with van der Waals surface area (Å²) in [4.78, 5) is 39.0. The molecule has 10 heteroatoms. The average Bonchev–Trinajstić information content (AvgIpc) is 2.67. The number of anilines is 3. The first-order valence-electron chi connectivity index (χ1n) is 9.79. The van der Waals surface area contributed by atoms with Gasteiger partial charge in [-0.1, -0.05) is 0 Å². The summed E-state index contributed by atoms with van der Waals surface area (Å²) in [5, 5.41) is 6.02. The number of carbonyl (C=O) groups excluding carboxylic acids is 2. The molecule has 3 rings (SSSR count). The van der Waals surface area contributed by atoms with Crippen molar-refractivity contribution in [2.75, 3.05) is 29.5 Å². The zero-order valence-corrected chi connectivity index (χ0v) is 17.4. The van der Waals surface area contributed by atoms with Gasteiger partial charge < -0.3 is 26.0 Å². The van der Waals surface area contributed by atoms with Crippen molar-refractivity contribution < 1.29 is 14.3 Å². The number of nitrogens with two attached hydrogens (primary N) is 1. The van der Waals surface area contributed by atoms with Crippen LogP contribution in [0, 0.1) is 0 Å². The van der Waals surface area contributed by atoms with Crippen LogP contribution in [0.1, 0.15) is 44.0 Å². The van der Waals surface area contributed by atoms with Crippen LogP contribution in [0.5, 0.6) is 0 Å². The second-order valence-electron chi connectivity index (χ2n) is 8.08. The van der Waals surface area contributed by atoms with E-state index in [0.717, 1.165) is 12.8 Å². The molecular formula is C20H27N7O3. The molecule has 0 unspecified atom stereocenters. The van der Waals surface area contributed by atoms with Crippen molar-refractivity contribution in [2.45, 2.75) is 45.3 Å². The highest BCUT2D eigenvalue weighted by Gasteiger charge is 2.29. The number of hydrogen-bond acceptors (Lipinski definition) is 8. The number of rotatable bonds is 4. The number of pyridine rings is 1. The summed E-state index contributed by atoms with van der Waals surface area (Å²) in [6, 6.07) is 3.24. The fourth-order valence-corrected chi connectivity index (χ4v) is 3.14. The van der Waals surface area contributed by atoms with E-state index in [1.54, 1.807) is 29.4 Å². The molecular weight excluding hydrogens is 386 g/mol.